The predicted octanol–water partition coefficient (Wildman–Crippen LogP) is -1.05. The molecule has 15 heavy (non-hydrogen) atoms. The van der Waals surface area contributed by atoms with Crippen molar-refractivity contribution in [1.82, 2.24) is 16.0 Å². The Labute approximate surface area is 89.4 Å². The summed E-state index contributed by atoms with van der Waals surface area (Å²) >= 11 is 0. The summed E-state index contributed by atoms with van der Waals surface area (Å²) in [5.74, 6) is 0.768. The van der Waals surface area contributed by atoms with Crippen LogP contribution >= 0.6 is 0 Å². The fourth-order valence-corrected chi connectivity index (χ4v) is 1.84. The molecule has 0 amide bonds. The van der Waals surface area contributed by atoms with Gasteiger partial charge < -0.3 is 16.0 Å². The first kappa shape index (κ1) is 10.4. The second-order valence-corrected chi connectivity index (χ2v) is 4.22. The lowest BCUT2D eigenvalue weighted by molar-refractivity contribution is 0.440. The Morgan fingerprint density at radius 2 is 2.40 bits per heavy atom. The highest BCUT2D eigenvalue weighted by molar-refractivity contribution is 6.00. The average molecular weight is 210 g/mol. The number of rotatable bonds is 1. The molecule has 6 heteroatoms. The zero-order valence-electron chi connectivity index (χ0n) is 9.17. The van der Waals surface area contributed by atoms with E-state index in [4.69, 9.17) is 5.73 Å². The molecule has 0 radical (unpaired) electrons. The average Bonchev–Trinajstić information content (AvgIpc) is 2.52. The van der Waals surface area contributed by atoms with Gasteiger partial charge in [0.1, 0.15) is 5.84 Å². The summed E-state index contributed by atoms with van der Waals surface area (Å²) in [7, 11) is 0. The Kier molecular flexibility index (Phi) is 2.62. The normalized spacial score (nSPS) is 38.5. The van der Waals surface area contributed by atoms with Crippen molar-refractivity contribution >= 4 is 11.8 Å². The molecular formula is C9H18N6. The number of nitrogens with two attached hydrogens (primary N) is 1. The smallest absolute Gasteiger partial charge is 0.199 e. The van der Waals surface area contributed by atoms with Gasteiger partial charge in [0, 0.05) is 6.54 Å². The summed E-state index contributed by atoms with van der Waals surface area (Å²) in [6, 6.07) is 0.335. The van der Waals surface area contributed by atoms with Crippen molar-refractivity contribution in [2.24, 2.45) is 15.7 Å². The van der Waals surface area contributed by atoms with Gasteiger partial charge in [-0.05, 0) is 26.8 Å². The van der Waals surface area contributed by atoms with Crippen LogP contribution in [0.2, 0.25) is 0 Å². The Morgan fingerprint density at radius 1 is 1.60 bits per heavy atom. The van der Waals surface area contributed by atoms with Gasteiger partial charge in [-0.3, -0.25) is 5.73 Å². The molecule has 0 aliphatic carbocycles. The maximum atomic E-state index is 5.90. The largest absolute Gasteiger partial charge is 0.320 e. The summed E-state index contributed by atoms with van der Waals surface area (Å²) in [6.07, 6.45) is 1.07. The summed E-state index contributed by atoms with van der Waals surface area (Å²) in [5.41, 5.74) is 5.90. The van der Waals surface area contributed by atoms with E-state index < -0.39 is 5.79 Å². The van der Waals surface area contributed by atoms with Gasteiger partial charge in [-0.25, -0.2) is 9.98 Å². The molecule has 0 aromatic heterocycles. The molecular weight excluding hydrogens is 192 g/mol. The first-order valence-electron chi connectivity index (χ1n) is 5.24. The maximum absolute atomic E-state index is 5.90. The van der Waals surface area contributed by atoms with Crippen LogP contribution in [-0.2, 0) is 0 Å². The van der Waals surface area contributed by atoms with E-state index in [9.17, 15) is 0 Å². The Balaban J connectivity index is 2.08. The van der Waals surface area contributed by atoms with Crippen LogP contribution in [0.15, 0.2) is 9.98 Å². The predicted molar refractivity (Wildman–Crippen MR) is 60.7 cm³/mol. The van der Waals surface area contributed by atoms with Gasteiger partial charge >= 0.3 is 0 Å². The molecule has 5 N–H and O–H groups in total. The molecule has 2 heterocycles. The van der Waals surface area contributed by atoms with Crippen molar-refractivity contribution in [3.63, 3.8) is 0 Å². The van der Waals surface area contributed by atoms with Crippen LogP contribution in [-0.4, -0.2) is 36.7 Å². The van der Waals surface area contributed by atoms with Gasteiger partial charge in [-0.2, -0.15) is 0 Å². The molecule has 2 aliphatic rings. The van der Waals surface area contributed by atoms with E-state index in [2.05, 4.69) is 25.9 Å². The molecule has 1 saturated heterocycles. The van der Waals surface area contributed by atoms with Gasteiger partial charge in [-0.15, -0.1) is 0 Å². The molecule has 0 saturated carbocycles. The lowest BCUT2D eigenvalue weighted by Crippen LogP contribution is -2.61. The molecule has 0 bridgehead atoms. The van der Waals surface area contributed by atoms with Crippen LogP contribution in [0.1, 0.15) is 20.3 Å². The van der Waals surface area contributed by atoms with Gasteiger partial charge in [-0.1, -0.05) is 0 Å². The third kappa shape index (κ3) is 2.66. The van der Waals surface area contributed by atoms with E-state index in [1.54, 1.807) is 0 Å². The maximum Gasteiger partial charge on any atom is 0.199 e. The van der Waals surface area contributed by atoms with Crippen molar-refractivity contribution in [3.05, 3.63) is 0 Å². The molecule has 2 aliphatic heterocycles. The fourth-order valence-electron chi connectivity index (χ4n) is 1.84. The number of guanidine groups is 1. The van der Waals surface area contributed by atoms with Crippen molar-refractivity contribution in [2.45, 2.75) is 32.1 Å². The standard InChI is InChI=1S/C9H18N6/c1-6-12-8(15-9(2,10)14-6)13-7-3-4-11-5-7/h7,11H,3-5,10H2,1-2H3,(H2,12,13,14,15)/t7?,9-/m1/s1. The molecule has 6 nitrogen and oxygen atoms in total. The summed E-state index contributed by atoms with van der Waals surface area (Å²) < 4.78 is 0. The second-order valence-electron chi connectivity index (χ2n) is 4.22. The van der Waals surface area contributed by atoms with Crippen molar-refractivity contribution in [1.29, 1.82) is 0 Å². The van der Waals surface area contributed by atoms with Gasteiger partial charge in [0.15, 0.2) is 11.7 Å². The third-order valence-corrected chi connectivity index (χ3v) is 2.42. The van der Waals surface area contributed by atoms with E-state index in [0.29, 0.717) is 6.04 Å². The highest BCUT2D eigenvalue weighted by Crippen LogP contribution is 2.05. The van der Waals surface area contributed by atoms with Gasteiger partial charge in [0.2, 0.25) is 0 Å². The van der Waals surface area contributed by atoms with Crippen LogP contribution < -0.4 is 21.7 Å². The Hall–Kier alpha value is -1.14. The number of nitrogens with one attached hydrogen (secondary N) is 3. The third-order valence-electron chi connectivity index (χ3n) is 2.42. The Bertz CT molecular complexity index is 300. The summed E-state index contributed by atoms with van der Waals surface area (Å²) in [4.78, 5) is 8.77. The minimum absolute atomic E-state index is 0.335. The zero-order valence-corrected chi connectivity index (χ0v) is 9.17. The second kappa shape index (κ2) is 3.79. The molecule has 1 unspecified atom stereocenters. The number of aliphatic imine (C=N–C) groups is 2. The number of amidine groups is 1. The van der Waals surface area contributed by atoms with E-state index in [-0.39, 0.29) is 0 Å². The molecule has 0 aromatic carbocycles. The lowest BCUT2D eigenvalue weighted by Gasteiger charge is -2.30. The minimum atomic E-state index is -0.750. The topological polar surface area (TPSA) is 86.8 Å². The van der Waals surface area contributed by atoms with Crippen LogP contribution in [0.5, 0.6) is 0 Å². The van der Waals surface area contributed by atoms with Crippen LogP contribution in [0.3, 0.4) is 0 Å². The van der Waals surface area contributed by atoms with Crippen molar-refractivity contribution in [2.75, 3.05) is 13.1 Å². The minimum Gasteiger partial charge on any atom is -0.320 e. The molecule has 0 aromatic rings. The van der Waals surface area contributed by atoms with E-state index in [1.165, 1.54) is 0 Å². The monoisotopic (exact) mass is 210 g/mol. The first-order chi connectivity index (χ1) is 7.05. The number of nitrogens with zero attached hydrogens (tertiary/aromatic N) is 2. The van der Waals surface area contributed by atoms with Crippen LogP contribution in [0.25, 0.3) is 0 Å². The van der Waals surface area contributed by atoms with E-state index >= 15 is 0 Å². The summed E-state index contributed by atoms with van der Waals surface area (Å²) in [6.45, 7) is 5.67. The lowest BCUT2D eigenvalue weighted by atomic mass is 10.3. The van der Waals surface area contributed by atoms with Crippen LogP contribution in [0, 0.1) is 0 Å². The number of hydrogen-bond acceptors (Lipinski definition) is 4. The molecule has 2 atom stereocenters. The zero-order chi connectivity index (χ0) is 10.9. The van der Waals surface area contributed by atoms with E-state index in [0.717, 1.165) is 31.3 Å². The van der Waals surface area contributed by atoms with Crippen LogP contribution in [0.4, 0.5) is 0 Å². The Morgan fingerprint density at radius 3 is 3.00 bits per heavy atom. The van der Waals surface area contributed by atoms with Crippen molar-refractivity contribution < 1.29 is 0 Å². The fraction of sp³-hybridized carbons (Fsp3) is 0.778. The van der Waals surface area contributed by atoms with Gasteiger partial charge in [0.05, 0.1) is 6.04 Å². The SMILES string of the molecule is CC1=N[C@@](C)(N)NC(=NC2CCNC2)N1. The number of hydrogen-bond donors (Lipinski definition) is 4. The summed E-state index contributed by atoms with van der Waals surface area (Å²) in [5, 5.41) is 9.40. The molecule has 2 rings (SSSR count). The molecule has 1 fully saturated rings. The highest BCUT2D eigenvalue weighted by Gasteiger charge is 2.24. The molecule has 0 spiro atoms. The van der Waals surface area contributed by atoms with E-state index in [1.807, 2.05) is 13.8 Å². The van der Waals surface area contributed by atoms with Gasteiger partial charge in [0.25, 0.3) is 0 Å². The molecule has 84 valence electrons. The first-order valence-corrected chi connectivity index (χ1v) is 5.24. The van der Waals surface area contributed by atoms with Crippen molar-refractivity contribution in [3.8, 4) is 0 Å². The quantitative estimate of drug-likeness (QED) is 0.445. The highest BCUT2D eigenvalue weighted by atomic mass is 15.4.